The van der Waals surface area contributed by atoms with E-state index in [4.69, 9.17) is 9.47 Å². The summed E-state index contributed by atoms with van der Waals surface area (Å²) < 4.78 is 10.8. The van der Waals surface area contributed by atoms with Crippen LogP contribution in [0.4, 0.5) is 9.59 Å². The molecule has 2 fully saturated rings. The van der Waals surface area contributed by atoms with Crippen LogP contribution in [-0.4, -0.2) is 64.0 Å². The van der Waals surface area contributed by atoms with E-state index in [1.165, 1.54) is 9.80 Å². The van der Waals surface area contributed by atoms with Crippen molar-refractivity contribution in [1.82, 2.24) is 9.80 Å². The first kappa shape index (κ1) is 18.5. The van der Waals surface area contributed by atoms with E-state index in [2.05, 4.69) is 0 Å². The standard InChI is InChI=1S/C19H26N2O5/c1-19(2,3)26-18(24)21-11-15(22)16-14(21)9-10-20(16)17(23)25-12-13-7-5-4-6-8-13/h4-8,14-16,22H,9-12H2,1-3H3/t14-,15?,16+/m1/s1. The maximum Gasteiger partial charge on any atom is 0.410 e. The molecule has 26 heavy (non-hydrogen) atoms. The third kappa shape index (κ3) is 3.93. The predicted molar refractivity (Wildman–Crippen MR) is 94.5 cm³/mol. The van der Waals surface area contributed by atoms with Gasteiger partial charge in [0.25, 0.3) is 0 Å². The number of hydrogen-bond acceptors (Lipinski definition) is 5. The van der Waals surface area contributed by atoms with Crippen LogP contribution < -0.4 is 0 Å². The number of rotatable bonds is 2. The highest BCUT2D eigenvalue weighted by Gasteiger charge is 2.52. The van der Waals surface area contributed by atoms with Gasteiger partial charge in [-0.15, -0.1) is 0 Å². The number of carbonyl (C=O) groups excluding carboxylic acids is 2. The topological polar surface area (TPSA) is 79.3 Å². The summed E-state index contributed by atoms with van der Waals surface area (Å²) in [5, 5.41) is 10.4. The number of amides is 2. The van der Waals surface area contributed by atoms with Gasteiger partial charge >= 0.3 is 12.2 Å². The van der Waals surface area contributed by atoms with Crippen LogP contribution in [0.5, 0.6) is 0 Å². The van der Waals surface area contributed by atoms with Gasteiger partial charge in [0.2, 0.25) is 0 Å². The molecule has 142 valence electrons. The lowest BCUT2D eigenvalue weighted by atomic mass is 10.1. The molecule has 3 rings (SSSR count). The minimum Gasteiger partial charge on any atom is -0.445 e. The number of fused-ring (bicyclic) bond motifs is 1. The number of aliphatic hydroxyl groups is 1. The molecule has 0 aromatic heterocycles. The minimum absolute atomic E-state index is 0.159. The molecule has 0 radical (unpaired) electrons. The van der Waals surface area contributed by atoms with Gasteiger partial charge in [-0.2, -0.15) is 0 Å². The van der Waals surface area contributed by atoms with E-state index in [9.17, 15) is 14.7 Å². The zero-order chi connectivity index (χ0) is 18.9. The first-order valence-electron chi connectivity index (χ1n) is 8.91. The van der Waals surface area contributed by atoms with Crippen LogP contribution in [0.2, 0.25) is 0 Å². The van der Waals surface area contributed by atoms with Gasteiger partial charge in [-0.1, -0.05) is 30.3 Å². The molecule has 2 heterocycles. The Morgan fingerprint density at radius 1 is 1.15 bits per heavy atom. The van der Waals surface area contributed by atoms with Crippen molar-refractivity contribution in [2.75, 3.05) is 13.1 Å². The molecular formula is C19H26N2O5. The van der Waals surface area contributed by atoms with Gasteiger partial charge in [0, 0.05) is 6.54 Å². The molecule has 1 N–H and O–H groups in total. The Balaban J connectivity index is 1.62. The number of aliphatic hydroxyl groups excluding tert-OH is 1. The second kappa shape index (κ2) is 7.15. The van der Waals surface area contributed by atoms with Crippen molar-refractivity contribution in [2.45, 2.75) is 57.6 Å². The maximum atomic E-state index is 12.5. The lowest BCUT2D eigenvalue weighted by molar-refractivity contribution is 0.0209. The molecule has 1 unspecified atom stereocenters. The summed E-state index contributed by atoms with van der Waals surface area (Å²) >= 11 is 0. The van der Waals surface area contributed by atoms with E-state index in [0.29, 0.717) is 13.0 Å². The highest BCUT2D eigenvalue weighted by molar-refractivity contribution is 5.72. The fourth-order valence-corrected chi connectivity index (χ4v) is 3.59. The molecule has 2 amide bonds. The minimum atomic E-state index is -0.806. The molecule has 7 nitrogen and oxygen atoms in total. The Labute approximate surface area is 153 Å². The highest BCUT2D eigenvalue weighted by Crippen LogP contribution is 2.33. The van der Waals surface area contributed by atoms with Crippen molar-refractivity contribution in [3.63, 3.8) is 0 Å². The van der Waals surface area contributed by atoms with E-state index in [1.54, 1.807) is 20.8 Å². The molecule has 2 saturated heterocycles. The predicted octanol–water partition coefficient (Wildman–Crippen LogP) is 2.38. The van der Waals surface area contributed by atoms with Gasteiger partial charge in [0.1, 0.15) is 12.2 Å². The van der Waals surface area contributed by atoms with Gasteiger partial charge in [-0.3, -0.25) is 0 Å². The molecular weight excluding hydrogens is 336 g/mol. The molecule has 2 aliphatic heterocycles. The van der Waals surface area contributed by atoms with Crippen molar-refractivity contribution in [1.29, 1.82) is 0 Å². The molecule has 1 aromatic carbocycles. The van der Waals surface area contributed by atoms with Crippen LogP contribution in [0.1, 0.15) is 32.8 Å². The second-order valence-electron chi connectivity index (χ2n) is 7.78. The van der Waals surface area contributed by atoms with Gasteiger partial charge in [-0.05, 0) is 32.8 Å². The number of carbonyl (C=O) groups is 2. The summed E-state index contributed by atoms with van der Waals surface area (Å²) in [5.74, 6) is 0. The van der Waals surface area contributed by atoms with Gasteiger partial charge in [0.15, 0.2) is 0 Å². The highest BCUT2D eigenvalue weighted by atomic mass is 16.6. The summed E-state index contributed by atoms with van der Waals surface area (Å²) in [6.07, 6.45) is -1.13. The van der Waals surface area contributed by atoms with Gasteiger partial charge in [-0.25, -0.2) is 9.59 Å². The zero-order valence-electron chi connectivity index (χ0n) is 15.4. The summed E-state index contributed by atoms with van der Waals surface area (Å²) in [5.41, 5.74) is 0.298. The average Bonchev–Trinajstić information content (AvgIpc) is 3.14. The summed E-state index contributed by atoms with van der Waals surface area (Å²) in [7, 11) is 0. The monoisotopic (exact) mass is 362 g/mol. The maximum absolute atomic E-state index is 12.5. The SMILES string of the molecule is CC(C)(C)OC(=O)N1CC(O)[C@@H]2[C@H]1CCN2C(=O)OCc1ccccc1. The lowest BCUT2D eigenvalue weighted by Gasteiger charge is -2.28. The number of β-amino-alcohol motifs (C(OH)–C–C–N with tert-alkyl or cyclic N) is 1. The number of hydrogen-bond donors (Lipinski definition) is 1. The zero-order valence-corrected chi connectivity index (χ0v) is 15.4. The molecule has 0 spiro atoms. The third-order valence-electron chi connectivity index (χ3n) is 4.67. The first-order chi connectivity index (χ1) is 12.3. The van der Waals surface area contributed by atoms with E-state index >= 15 is 0 Å². The van der Waals surface area contributed by atoms with Crippen molar-refractivity contribution in [2.24, 2.45) is 0 Å². The lowest BCUT2D eigenvalue weighted by Crippen LogP contribution is -2.45. The van der Waals surface area contributed by atoms with Crippen LogP contribution in [0.15, 0.2) is 30.3 Å². The van der Waals surface area contributed by atoms with Crippen molar-refractivity contribution in [3.8, 4) is 0 Å². The molecule has 0 saturated carbocycles. The normalized spacial score (nSPS) is 25.2. The Bertz CT molecular complexity index is 658. The van der Waals surface area contributed by atoms with E-state index < -0.39 is 29.9 Å². The number of ether oxygens (including phenoxy) is 2. The molecule has 0 bridgehead atoms. The number of benzene rings is 1. The molecule has 0 aliphatic carbocycles. The quantitative estimate of drug-likeness (QED) is 0.874. The second-order valence-corrected chi connectivity index (χ2v) is 7.78. The Hall–Kier alpha value is -2.28. The number of nitrogens with zero attached hydrogens (tertiary/aromatic N) is 2. The van der Waals surface area contributed by atoms with Crippen LogP contribution in [0.25, 0.3) is 0 Å². The summed E-state index contributed by atoms with van der Waals surface area (Å²) in [6.45, 7) is 6.19. The Kier molecular flexibility index (Phi) is 5.09. The third-order valence-corrected chi connectivity index (χ3v) is 4.67. The van der Waals surface area contributed by atoms with Crippen molar-refractivity contribution >= 4 is 12.2 Å². The Morgan fingerprint density at radius 2 is 1.85 bits per heavy atom. The van der Waals surface area contributed by atoms with E-state index in [1.807, 2.05) is 30.3 Å². The van der Waals surface area contributed by atoms with E-state index in [0.717, 1.165) is 5.56 Å². The smallest absolute Gasteiger partial charge is 0.410 e. The Morgan fingerprint density at radius 3 is 2.50 bits per heavy atom. The molecule has 7 heteroatoms. The molecule has 1 aromatic rings. The molecule has 2 aliphatic rings. The molecule has 3 atom stereocenters. The van der Waals surface area contributed by atoms with Gasteiger partial charge in [0.05, 0.1) is 24.7 Å². The summed E-state index contributed by atoms with van der Waals surface area (Å²) in [6, 6.07) is 8.73. The van der Waals surface area contributed by atoms with Crippen molar-refractivity contribution < 1.29 is 24.2 Å². The van der Waals surface area contributed by atoms with Crippen LogP contribution in [0, 0.1) is 0 Å². The van der Waals surface area contributed by atoms with Crippen LogP contribution >= 0.6 is 0 Å². The van der Waals surface area contributed by atoms with Crippen LogP contribution in [0.3, 0.4) is 0 Å². The fraction of sp³-hybridized carbons (Fsp3) is 0.579. The fourth-order valence-electron chi connectivity index (χ4n) is 3.59. The van der Waals surface area contributed by atoms with Crippen molar-refractivity contribution in [3.05, 3.63) is 35.9 Å². The van der Waals surface area contributed by atoms with Gasteiger partial charge < -0.3 is 24.4 Å². The first-order valence-corrected chi connectivity index (χ1v) is 8.91. The largest absolute Gasteiger partial charge is 0.445 e. The number of likely N-dealkylation sites (tertiary alicyclic amines) is 2. The van der Waals surface area contributed by atoms with E-state index in [-0.39, 0.29) is 19.2 Å². The summed E-state index contributed by atoms with van der Waals surface area (Å²) in [4.78, 5) is 27.9. The van der Waals surface area contributed by atoms with Crippen LogP contribution in [-0.2, 0) is 16.1 Å². The average molecular weight is 362 g/mol.